The lowest BCUT2D eigenvalue weighted by Crippen LogP contribution is -2.30. The van der Waals surface area contributed by atoms with Gasteiger partial charge in [-0.3, -0.25) is 4.98 Å². The fourth-order valence-electron chi connectivity index (χ4n) is 4.62. The van der Waals surface area contributed by atoms with Gasteiger partial charge in [-0.1, -0.05) is 56.3 Å². The van der Waals surface area contributed by atoms with E-state index in [-0.39, 0.29) is 5.41 Å². The third kappa shape index (κ3) is 2.71. The number of nitrogens with zero attached hydrogens (tertiary/aromatic N) is 2. The van der Waals surface area contributed by atoms with Crippen molar-refractivity contribution in [3.05, 3.63) is 95.9 Å². The normalized spacial score (nSPS) is 13.8. The van der Waals surface area contributed by atoms with E-state index in [1.165, 1.54) is 50.3 Å². The fourth-order valence-corrected chi connectivity index (χ4v) is 4.62. The van der Waals surface area contributed by atoms with Crippen molar-refractivity contribution in [3.8, 4) is 33.5 Å². The summed E-state index contributed by atoms with van der Waals surface area (Å²) in [4.78, 5) is 4.72. The Morgan fingerprint density at radius 3 is 2.38 bits per heavy atom. The van der Waals surface area contributed by atoms with Crippen molar-refractivity contribution in [2.75, 3.05) is 0 Å². The van der Waals surface area contributed by atoms with Gasteiger partial charge in [0.25, 0.3) is 0 Å². The summed E-state index contributed by atoms with van der Waals surface area (Å²) in [5, 5.41) is 0. The zero-order valence-corrected chi connectivity index (χ0v) is 17.4. The first-order valence-electron chi connectivity index (χ1n) is 10.1. The van der Waals surface area contributed by atoms with Gasteiger partial charge in [-0.2, -0.15) is 0 Å². The van der Waals surface area contributed by atoms with Crippen LogP contribution in [-0.4, -0.2) is 4.98 Å². The molecule has 0 radical (unpaired) electrons. The van der Waals surface area contributed by atoms with Crippen LogP contribution in [0.25, 0.3) is 33.5 Å². The molecule has 29 heavy (non-hydrogen) atoms. The summed E-state index contributed by atoms with van der Waals surface area (Å²) in [5.41, 5.74) is 11.3. The zero-order valence-electron chi connectivity index (χ0n) is 17.4. The molecule has 0 N–H and O–H groups in total. The first-order valence-corrected chi connectivity index (χ1v) is 10.1. The van der Waals surface area contributed by atoms with Crippen LogP contribution < -0.4 is 4.57 Å². The smallest absolute Gasteiger partial charge is 0.213 e. The highest BCUT2D eigenvalue weighted by molar-refractivity contribution is 5.84. The van der Waals surface area contributed by atoms with Gasteiger partial charge in [-0.05, 0) is 46.9 Å². The molecule has 0 atom stereocenters. The molecular formula is C27H25N2+. The van der Waals surface area contributed by atoms with Crippen LogP contribution in [0.1, 0.15) is 30.7 Å². The van der Waals surface area contributed by atoms with Crippen molar-refractivity contribution >= 4 is 0 Å². The van der Waals surface area contributed by atoms with E-state index in [9.17, 15) is 0 Å². The first-order chi connectivity index (χ1) is 14.0. The second-order valence-corrected chi connectivity index (χ2v) is 8.51. The van der Waals surface area contributed by atoms with Crippen molar-refractivity contribution in [2.45, 2.75) is 26.2 Å². The monoisotopic (exact) mass is 377 g/mol. The Morgan fingerprint density at radius 2 is 1.59 bits per heavy atom. The molecule has 2 heteroatoms. The number of fused-ring (bicyclic) bond motifs is 3. The average Bonchev–Trinajstić information content (AvgIpc) is 2.96. The van der Waals surface area contributed by atoms with Crippen molar-refractivity contribution in [1.29, 1.82) is 0 Å². The third-order valence-corrected chi connectivity index (χ3v) is 6.26. The van der Waals surface area contributed by atoms with E-state index in [1.54, 1.807) is 0 Å². The van der Waals surface area contributed by atoms with Gasteiger partial charge in [-0.15, -0.1) is 0 Å². The quantitative estimate of drug-likeness (QED) is 0.400. The molecule has 1 aliphatic rings. The molecule has 4 aromatic rings. The lowest BCUT2D eigenvalue weighted by molar-refractivity contribution is -0.660. The van der Waals surface area contributed by atoms with Crippen LogP contribution in [0.4, 0.5) is 0 Å². The third-order valence-electron chi connectivity index (χ3n) is 6.26. The molecule has 0 spiro atoms. The standard InChI is InChI=1S/C27H25N2/c1-18-15-24-23(21-11-8-13-28-26(21)27(24,2)3)17-22(18)25-16-20(12-14-29(25)4)19-9-6-5-7-10-19/h5-17H,1-4H3/q+1. The van der Waals surface area contributed by atoms with Gasteiger partial charge in [0.15, 0.2) is 6.20 Å². The predicted octanol–water partition coefficient (Wildman–Crippen LogP) is 5.85. The Balaban J connectivity index is 1.72. The topological polar surface area (TPSA) is 16.8 Å². The summed E-state index contributed by atoms with van der Waals surface area (Å²) < 4.78 is 2.21. The van der Waals surface area contributed by atoms with Gasteiger partial charge in [0.2, 0.25) is 5.69 Å². The summed E-state index contributed by atoms with van der Waals surface area (Å²) in [7, 11) is 2.12. The molecule has 0 amide bonds. The molecule has 2 aromatic carbocycles. The lowest BCUT2D eigenvalue weighted by atomic mass is 9.83. The maximum absolute atomic E-state index is 4.72. The van der Waals surface area contributed by atoms with E-state index in [2.05, 4.69) is 99.2 Å². The second kappa shape index (κ2) is 6.38. The van der Waals surface area contributed by atoms with Crippen LogP contribution in [0.15, 0.2) is 79.1 Å². The van der Waals surface area contributed by atoms with Crippen molar-refractivity contribution in [3.63, 3.8) is 0 Å². The van der Waals surface area contributed by atoms with E-state index < -0.39 is 0 Å². The molecule has 142 valence electrons. The average molecular weight is 378 g/mol. The highest BCUT2D eigenvalue weighted by Crippen LogP contribution is 2.49. The first kappa shape index (κ1) is 17.8. The molecule has 1 aliphatic carbocycles. The van der Waals surface area contributed by atoms with Gasteiger partial charge >= 0.3 is 0 Å². The molecule has 0 unspecified atom stereocenters. The molecule has 0 aliphatic heterocycles. The fraction of sp³-hybridized carbons (Fsp3) is 0.185. The van der Waals surface area contributed by atoms with Crippen LogP contribution in [0, 0.1) is 6.92 Å². The number of benzene rings is 2. The Kier molecular flexibility index (Phi) is 3.92. The summed E-state index contributed by atoms with van der Waals surface area (Å²) in [6.07, 6.45) is 4.06. The minimum absolute atomic E-state index is 0.0662. The van der Waals surface area contributed by atoms with E-state index in [1.807, 2.05) is 12.3 Å². The highest BCUT2D eigenvalue weighted by atomic mass is 14.9. The molecule has 2 nitrogen and oxygen atoms in total. The van der Waals surface area contributed by atoms with Gasteiger partial charge in [0, 0.05) is 34.9 Å². The molecule has 0 saturated heterocycles. The Morgan fingerprint density at radius 1 is 0.793 bits per heavy atom. The largest absolute Gasteiger partial charge is 0.260 e. The minimum atomic E-state index is -0.0662. The van der Waals surface area contributed by atoms with E-state index >= 15 is 0 Å². The number of hydrogen-bond acceptors (Lipinski definition) is 1. The van der Waals surface area contributed by atoms with Crippen LogP contribution in [-0.2, 0) is 12.5 Å². The molecule has 0 fully saturated rings. The maximum Gasteiger partial charge on any atom is 0.213 e. The summed E-state index contributed by atoms with van der Waals surface area (Å²) in [6.45, 7) is 6.77. The summed E-state index contributed by atoms with van der Waals surface area (Å²) in [5.74, 6) is 0. The number of rotatable bonds is 2. The number of aromatic nitrogens is 2. The van der Waals surface area contributed by atoms with Gasteiger partial charge in [0.1, 0.15) is 7.05 Å². The summed E-state index contributed by atoms with van der Waals surface area (Å²) in [6, 6.07) is 24.0. The van der Waals surface area contributed by atoms with Crippen LogP contribution >= 0.6 is 0 Å². The van der Waals surface area contributed by atoms with Gasteiger partial charge < -0.3 is 0 Å². The molecular weight excluding hydrogens is 352 g/mol. The van der Waals surface area contributed by atoms with Crippen molar-refractivity contribution in [2.24, 2.45) is 7.05 Å². The predicted molar refractivity (Wildman–Crippen MR) is 119 cm³/mol. The van der Waals surface area contributed by atoms with E-state index in [4.69, 9.17) is 4.98 Å². The molecule has 2 heterocycles. The highest BCUT2D eigenvalue weighted by Gasteiger charge is 2.37. The lowest BCUT2D eigenvalue weighted by Gasteiger charge is -2.21. The van der Waals surface area contributed by atoms with E-state index in [0.29, 0.717) is 0 Å². The van der Waals surface area contributed by atoms with Crippen molar-refractivity contribution in [1.82, 2.24) is 4.98 Å². The Labute approximate surface area is 172 Å². The Hall–Kier alpha value is -3.26. The number of hydrogen-bond donors (Lipinski definition) is 0. The summed E-state index contributed by atoms with van der Waals surface area (Å²) >= 11 is 0. The Bertz CT molecular complexity index is 1240. The van der Waals surface area contributed by atoms with Crippen LogP contribution in [0.5, 0.6) is 0 Å². The zero-order chi connectivity index (χ0) is 20.2. The molecule has 0 bridgehead atoms. The van der Waals surface area contributed by atoms with Gasteiger partial charge in [0.05, 0.1) is 5.69 Å². The second-order valence-electron chi connectivity index (χ2n) is 8.51. The number of pyridine rings is 2. The van der Waals surface area contributed by atoms with Gasteiger partial charge in [-0.25, -0.2) is 4.57 Å². The minimum Gasteiger partial charge on any atom is -0.260 e. The SMILES string of the molecule is Cc1cc2c(cc1-c1cc(-c3ccccc3)cc[n+]1C)-c1cccnc1C2(C)C. The van der Waals surface area contributed by atoms with E-state index in [0.717, 1.165) is 0 Å². The molecule has 0 saturated carbocycles. The van der Waals surface area contributed by atoms with Crippen molar-refractivity contribution < 1.29 is 4.57 Å². The maximum atomic E-state index is 4.72. The molecule has 2 aromatic heterocycles. The number of aryl methyl sites for hydroxylation is 2. The van der Waals surface area contributed by atoms with Crippen LogP contribution in [0.2, 0.25) is 0 Å². The molecule has 5 rings (SSSR count). The van der Waals surface area contributed by atoms with Crippen LogP contribution in [0.3, 0.4) is 0 Å².